The Bertz CT molecular complexity index is 625. The Morgan fingerprint density at radius 3 is 2.90 bits per heavy atom. The van der Waals surface area contributed by atoms with Gasteiger partial charge in [0.05, 0.1) is 10.0 Å². The Balaban J connectivity index is 1.78. The molecule has 6 heteroatoms. The number of carbonyl (C=O) groups excluding carboxylic acids is 1. The van der Waals surface area contributed by atoms with E-state index in [2.05, 4.69) is 26.5 Å². The van der Waals surface area contributed by atoms with E-state index in [4.69, 9.17) is 4.74 Å². The number of nitrogens with one attached hydrogen (secondary N) is 1. The molecule has 0 fully saturated rings. The average molecular weight is 353 g/mol. The molecule has 0 aliphatic heterocycles. The lowest BCUT2D eigenvalue weighted by Crippen LogP contribution is -2.24. The second-order valence-electron chi connectivity index (χ2n) is 3.99. The summed E-state index contributed by atoms with van der Waals surface area (Å²) in [4.78, 5) is 12.5. The summed E-state index contributed by atoms with van der Waals surface area (Å²) in [5, 5.41) is 3.87. The second-order valence-corrected chi connectivity index (χ2v) is 6.48. The molecule has 0 unspecified atom stereocenters. The zero-order chi connectivity index (χ0) is 14.4. The topological polar surface area (TPSA) is 50.7 Å². The van der Waals surface area contributed by atoms with Crippen LogP contribution in [0.2, 0.25) is 0 Å². The van der Waals surface area contributed by atoms with Crippen LogP contribution in [0.25, 0.3) is 0 Å². The molecule has 1 aromatic heterocycles. The fraction of sp³-hybridized carbons (Fsp3) is 0.143. The summed E-state index contributed by atoms with van der Waals surface area (Å²) in [5.74, 6) is 0.411. The van der Waals surface area contributed by atoms with Crippen molar-refractivity contribution in [1.29, 1.82) is 0 Å². The maximum absolute atomic E-state index is 11.6. The zero-order valence-corrected chi connectivity index (χ0v) is 13.2. The molecule has 2 aromatic rings. The first kappa shape index (κ1) is 14.7. The van der Waals surface area contributed by atoms with E-state index in [1.54, 1.807) is 6.21 Å². The van der Waals surface area contributed by atoms with E-state index >= 15 is 0 Å². The van der Waals surface area contributed by atoms with Gasteiger partial charge in [-0.3, -0.25) is 4.79 Å². The molecule has 1 N–H and O–H groups in total. The van der Waals surface area contributed by atoms with Crippen LogP contribution in [0.4, 0.5) is 0 Å². The van der Waals surface area contributed by atoms with Crippen molar-refractivity contribution in [2.75, 3.05) is 6.61 Å². The third-order valence-corrected chi connectivity index (χ3v) is 3.99. The molecule has 0 saturated heterocycles. The molecule has 1 aromatic carbocycles. The van der Waals surface area contributed by atoms with Gasteiger partial charge in [0, 0.05) is 4.88 Å². The molecule has 1 heterocycles. The van der Waals surface area contributed by atoms with Gasteiger partial charge in [-0.1, -0.05) is 18.2 Å². The number of hydrogen-bond acceptors (Lipinski definition) is 4. The Labute approximate surface area is 129 Å². The number of hydrazone groups is 1. The summed E-state index contributed by atoms with van der Waals surface area (Å²) in [7, 11) is 0. The molecule has 0 bridgehead atoms. The van der Waals surface area contributed by atoms with E-state index in [9.17, 15) is 4.79 Å². The van der Waals surface area contributed by atoms with Crippen molar-refractivity contribution in [3.05, 3.63) is 50.6 Å². The van der Waals surface area contributed by atoms with Crippen molar-refractivity contribution >= 4 is 39.4 Å². The number of ether oxygens (including phenoxy) is 1. The molecule has 1 amide bonds. The third kappa shape index (κ3) is 4.47. The van der Waals surface area contributed by atoms with Gasteiger partial charge in [0.2, 0.25) is 0 Å². The number of hydrogen-bond donors (Lipinski definition) is 1. The van der Waals surface area contributed by atoms with Crippen molar-refractivity contribution in [3.63, 3.8) is 0 Å². The number of para-hydroxylation sites is 1. The minimum Gasteiger partial charge on any atom is -0.483 e. The van der Waals surface area contributed by atoms with Crippen LogP contribution >= 0.6 is 27.3 Å². The largest absolute Gasteiger partial charge is 0.483 e. The molecule has 0 aliphatic carbocycles. The van der Waals surface area contributed by atoms with E-state index in [0.717, 1.165) is 14.2 Å². The molecule has 0 spiro atoms. The van der Waals surface area contributed by atoms with E-state index in [-0.39, 0.29) is 12.5 Å². The number of rotatable bonds is 5. The van der Waals surface area contributed by atoms with E-state index < -0.39 is 0 Å². The van der Waals surface area contributed by atoms with Crippen LogP contribution in [0.3, 0.4) is 0 Å². The SMILES string of the molecule is Cc1ccccc1OCC(=O)N/N=C/c1ccc(Br)s1. The Kier molecular flexibility index (Phi) is 5.31. The van der Waals surface area contributed by atoms with E-state index in [1.807, 2.05) is 43.3 Å². The third-order valence-electron chi connectivity index (χ3n) is 2.43. The quantitative estimate of drug-likeness (QED) is 0.662. The van der Waals surface area contributed by atoms with Gasteiger partial charge in [0.1, 0.15) is 5.75 Å². The molecule has 0 saturated carbocycles. The van der Waals surface area contributed by atoms with Gasteiger partial charge in [0.15, 0.2) is 6.61 Å². The molecule has 104 valence electrons. The van der Waals surface area contributed by atoms with Crippen LogP contribution in [0, 0.1) is 6.92 Å². The molecule has 0 radical (unpaired) electrons. The average Bonchev–Trinajstić information content (AvgIpc) is 2.83. The first-order valence-corrected chi connectivity index (χ1v) is 7.52. The van der Waals surface area contributed by atoms with Crippen LogP contribution in [-0.4, -0.2) is 18.7 Å². The van der Waals surface area contributed by atoms with Crippen LogP contribution in [0.5, 0.6) is 5.75 Å². The van der Waals surface area contributed by atoms with Crippen LogP contribution in [0.15, 0.2) is 45.3 Å². The molecule has 2 rings (SSSR count). The first-order chi connectivity index (χ1) is 9.65. The highest BCUT2D eigenvalue weighted by Crippen LogP contribution is 2.20. The van der Waals surface area contributed by atoms with Crippen molar-refractivity contribution in [2.24, 2.45) is 5.10 Å². The molecule has 4 nitrogen and oxygen atoms in total. The molecular formula is C14H13BrN2O2S. The lowest BCUT2D eigenvalue weighted by Gasteiger charge is -2.07. The van der Waals surface area contributed by atoms with Gasteiger partial charge in [-0.05, 0) is 46.6 Å². The summed E-state index contributed by atoms with van der Waals surface area (Å²) >= 11 is 4.90. The van der Waals surface area contributed by atoms with Crippen molar-refractivity contribution < 1.29 is 9.53 Å². The number of nitrogens with zero attached hydrogens (tertiary/aromatic N) is 1. The lowest BCUT2D eigenvalue weighted by atomic mass is 10.2. The monoisotopic (exact) mass is 352 g/mol. The minimum absolute atomic E-state index is 0.0592. The highest BCUT2D eigenvalue weighted by atomic mass is 79.9. The maximum atomic E-state index is 11.6. The fourth-order valence-electron chi connectivity index (χ4n) is 1.46. The smallest absolute Gasteiger partial charge is 0.277 e. The summed E-state index contributed by atoms with van der Waals surface area (Å²) in [6.45, 7) is 1.87. The summed E-state index contributed by atoms with van der Waals surface area (Å²) in [6, 6.07) is 11.4. The van der Waals surface area contributed by atoms with Crippen LogP contribution < -0.4 is 10.2 Å². The molecular weight excluding hydrogens is 340 g/mol. The highest BCUT2D eigenvalue weighted by molar-refractivity contribution is 9.11. The molecule has 0 atom stereocenters. The Hall–Kier alpha value is -1.66. The number of halogens is 1. The van der Waals surface area contributed by atoms with Crippen molar-refractivity contribution in [3.8, 4) is 5.75 Å². The number of amides is 1. The number of aryl methyl sites for hydroxylation is 1. The van der Waals surface area contributed by atoms with Gasteiger partial charge in [0.25, 0.3) is 5.91 Å². The lowest BCUT2D eigenvalue weighted by molar-refractivity contribution is -0.123. The Morgan fingerprint density at radius 2 is 2.20 bits per heavy atom. The first-order valence-electron chi connectivity index (χ1n) is 5.91. The van der Waals surface area contributed by atoms with Crippen LogP contribution in [-0.2, 0) is 4.79 Å². The second kappa shape index (κ2) is 7.21. The molecule has 20 heavy (non-hydrogen) atoms. The molecule has 0 aliphatic rings. The standard InChI is InChI=1S/C14H13BrN2O2S/c1-10-4-2-3-5-12(10)19-9-14(18)17-16-8-11-6-7-13(15)20-11/h2-8H,9H2,1H3,(H,17,18)/b16-8+. The van der Waals surface area contributed by atoms with E-state index in [0.29, 0.717) is 5.75 Å². The van der Waals surface area contributed by atoms with Crippen molar-refractivity contribution in [1.82, 2.24) is 5.43 Å². The van der Waals surface area contributed by atoms with Gasteiger partial charge < -0.3 is 4.74 Å². The van der Waals surface area contributed by atoms with Gasteiger partial charge in [-0.2, -0.15) is 5.10 Å². The summed E-state index contributed by atoms with van der Waals surface area (Å²) in [6.07, 6.45) is 1.60. The van der Waals surface area contributed by atoms with Gasteiger partial charge in [-0.15, -0.1) is 11.3 Å². The normalized spacial score (nSPS) is 10.7. The van der Waals surface area contributed by atoms with Gasteiger partial charge in [-0.25, -0.2) is 5.43 Å². The predicted molar refractivity (Wildman–Crippen MR) is 84.4 cm³/mol. The van der Waals surface area contributed by atoms with E-state index in [1.165, 1.54) is 11.3 Å². The van der Waals surface area contributed by atoms with Crippen LogP contribution in [0.1, 0.15) is 10.4 Å². The summed E-state index contributed by atoms with van der Waals surface area (Å²) < 4.78 is 6.44. The van der Waals surface area contributed by atoms with Crippen molar-refractivity contribution in [2.45, 2.75) is 6.92 Å². The maximum Gasteiger partial charge on any atom is 0.277 e. The number of carbonyl (C=O) groups is 1. The zero-order valence-electron chi connectivity index (χ0n) is 10.8. The predicted octanol–water partition coefficient (Wildman–Crippen LogP) is 3.35. The fourth-order valence-corrected chi connectivity index (χ4v) is 2.76. The highest BCUT2D eigenvalue weighted by Gasteiger charge is 2.03. The summed E-state index contributed by atoms with van der Waals surface area (Å²) in [5.41, 5.74) is 3.42. The minimum atomic E-state index is -0.292. The number of thiophene rings is 1. The van der Waals surface area contributed by atoms with Gasteiger partial charge >= 0.3 is 0 Å². The Morgan fingerprint density at radius 1 is 1.40 bits per heavy atom. The number of benzene rings is 1.